The number of aryl methyl sites for hydroxylation is 1. The SMILES string of the molecule is CC(C)C1CCCN(Cc2ccc3c(c2)CCCN3)CC1. The third-order valence-electron chi connectivity index (χ3n) is 5.32. The second-order valence-electron chi connectivity index (χ2n) is 7.23. The lowest BCUT2D eigenvalue weighted by Crippen LogP contribution is -2.25. The minimum absolute atomic E-state index is 0.847. The summed E-state index contributed by atoms with van der Waals surface area (Å²) in [6.07, 6.45) is 6.68. The molecule has 2 heteroatoms. The van der Waals surface area contributed by atoms with Crippen LogP contribution in [0.25, 0.3) is 0 Å². The Hall–Kier alpha value is -1.02. The average molecular weight is 286 g/mol. The number of hydrogen-bond donors (Lipinski definition) is 1. The van der Waals surface area contributed by atoms with Crippen molar-refractivity contribution in [3.8, 4) is 0 Å². The van der Waals surface area contributed by atoms with Crippen molar-refractivity contribution in [3.63, 3.8) is 0 Å². The molecule has 2 nitrogen and oxygen atoms in total. The fourth-order valence-electron chi connectivity index (χ4n) is 3.89. The molecule has 0 amide bonds. The fourth-order valence-corrected chi connectivity index (χ4v) is 3.89. The van der Waals surface area contributed by atoms with Crippen molar-refractivity contribution in [1.29, 1.82) is 0 Å². The average Bonchev–Trinajstić information content (AvgIpc) is 2.73. The maximum absolute atomic E-state index is 3.51. The number of fused-ring (bicyclic) bond motifs is 1. The molecule has 0 radical (unpaired) electrons. The van der Waals surface area contributed by atoms with Crippen molar-refractivity contribution < 1.29 is 0 Å². The van der Waals surface area contributed by atoms with Crippen LogP contribution in [0, 0.1) is 11.8 Å². The molecule has 1 atom stereocenters. The molecular formula is C19H30N2. The van der Waals surface area contributed by atoms with Gasteiger partial charge in [-0.3, -0.25) is 4.90 Å². The highest BCUT2D eigenvalue weighted by Gasteiger charge is 2.19. The summed E-state index contributed by atoms with van der Waals surface area (Å²) >= 11 is 0. The Kier molecular flexibility index (Phi) is 4.84. The Morgan fingerprint density at radius 1 is 1.19 bits per heavy atom. The lowest BCUT2D eigenvalue weighted by Gasteiger charge is -2.23. The molecule has 21 heavy (non-hydrogen) atoms. The molecule has 1 N–H and O–H groups in total. The van der Waals surface area contributed by atoms with Crippen LogP contribution in [0.5, 0.6) is 0 Å². The standard InChI is InChI=1S/C19H30N2/c1-15(2)17-6-4-11-21(12-9-17)14-16-7-8-19-18(13-16)5-3-10-20-19/h7-8,13,15,17,20H,3-6,9-12,14H2,1-2H3. The van der Waals surface area contributed by atoms with Gasteiger partial charge in [0.2, 0.25) is 0 Å². The molecular weight excluding hydrogens is 256 g/mol. The molecule has 3 rings (SSSR count). The molecule has 1 fully saturated rings. The van der Waals surface area contributed by atoms with E-state index >= 15 is 0 Å². The van der Waals surface area contributed by atoms with Crippen LogP contribution in [-0.2, 0) is 13.0 Å². The zero-order chi connectivity index (χ0) is 14.7. The normalized spacial score (nSPS) is 23.5. The first kappa shape index (κ1) is 14.9. The van der Waals surface area contributed by atoms with Gasteiger partial charge in [-0.25, -0.2) is 0 Å². The number of rotatable bonds is 3. The maximum Gasteiger partial charge on any atom is 0.0372 e. The number of anilines is 1. The summed E-state index contributed by atoms with van der Waals surface area (Å²) in [7, 11) is 0. The summed E-state index contributed by atoms with van der Waals surface area (Å²) < 4.78 is 0. The van der Waals surface area contributed by atoms with E-state index in [-0.39, 0.29) is 0 Å². The van der Waals surface area contributed by atoms with Gasteiger partial charge in [0.1, 0.15) is 0 Å². The highest BCUT2D eigenvalue weighted by atomic mass is 15.1. The van der Waals surface area contributed by atoms with E-state index in [0.29, 0.717) is 0 Å². The van der Waals surface area contributed by atoms with E-state index in [9.17, 15) is 0 Å². The van der Waals surface area contributed by atoms with Crippen LogP contribution < -0.4 is 5.32 Å². The van der Waals surface area contributed by atoms with Gasteiger partial charge in [-0.2, -0.15) is 0 Å². The number of nitrogens with zero attached hydrogens (tertiary/aromatic N) is 1. The molecule has 2 aliphatic heterocycles. The Morgan fingerprint density at radius 3 is 2.95 bits per heavy atom. The second-order valence-corrected chi connectivity index (χ2v) is 7.23. The number of nitrogens with one attached hydrogen (secondary N) is 1. The largest absolute Gasteiger partial charge is 0.385 e. The maximum atomic E-state index is 3.51. The molecule has 0 aliphatic carbocycles. The van der Waals surface area contributed by atoms with Crippen molar-refractivity contribution in [1.82, 2.24) is 4.90 Å². The quantitative estimate of drug-likeness (QED) is 0.891. The first-order chi connectivity index (χ1) is 10.2. The van der Waals surface area contributed by atoms with Gasteiger partial charge in [0.05, 0.1) is 0 Å². The minimum atomic E-state index is 0.847. The third-order valence-corrected chi connectivity index (χ3v) is 5.32. The Balaban J connectivity index is 1.61. The van der Waals surface area contributed by atoms with Crippen molar-refractivity contribution in [2.24, 2.45) is 11.8 Å². The molecule has 0 bridgehead atoms. The van der Waals surface area contributed by atoms with E-state index < -0.39 is 0 Å². The summed E-state index contributed by atoms with van der Waals surface area (Å²) in [5.41, 5.74) is 4.38. The Labute approximate surface area is 129 Å². The van der Waals surface area contributed by atoms with Crippen LogP contribution in [0.3, 0.4) is 0 Å². The van der Waals surface area contributed by atoms with Gasteiger partial charge in [0.15, 0.2) is 0 Å². The van der Waals surface area contributed by atoms with Crippen molar-refractivity contribution in [2.45, 2.75) is 52.5 Å². The molecule has 2 heterocycles. The first-order valence-corrected chi connectivity index (χ1v) is 8.80. The van der Waals surface area contributed by atoms with Gasteiger partial charge in [0.25, 0.3) is 0 Å². The number of hydrogen-bond acceptors (Lipinski definition) is 2. The summed E-state index contributed by atoms with van der Waals surface area (Å²) in [6, 6.07) is 7.05. The van der Waals surface area contributed by atoms with Gasteiger partial charge in [-0.1, -0.05) is 26.0 Å². The number of benzene rings is 1. The van der Waals surface area contributed by atoms with E-state index in [2.05, 4.69) is 42.3 Å². The molecule has 0 aromatic heterocycles. The molecule has 1 unspecified atom stereocenters. The summed E-state index contributed by atoms with van der Waals surface area (Å²) in [4.78, 5) is 2.67. The van der Waals surface area contributed by atoms with E-state index in [0.717, 1.165) is 24.9 Å². The van der Waals surface area contributed by atoms with Crippen LogP contribution in [0.15, 0.2) is 18.2 Å². The summed E-state index contributed by atoms with van der Waals surface area (Å²) in [5.74, 6) is 1.78. The summed E-state index contributed by atoms with van der Waals surface area (Å²) in [6.45, 7) is 9.59. The van der Waals surface area contributed by atoms with Crippen LogP contribution >= 0.6 is 0 Å². The minimum Gasteiger partial charge on any atom is -0.385 e. The van der Waals surface area contributed by atoms with E-state index in [1.54, 1.807) is 0 Å². The Bertz CT molecular complexity index is 467. The van der Waals surface area contributed by atoms with Gasteiger partial charge in [0, 0.05) is 18.8 Å². The highest BCUT2D eigenvalue weighted by molar-refractivity contribution is 5.54. The first-order valence-electron chi connectivity index (χ1n) is 8.80. The lowest BCUT2D eigenvalue weighted by molar-refractivity contribution is 0.264. The van der Waals surface area contributed by atoms with Crippen molar-refractivity contribution in [2.75, 3.05) is 25.0 Å². The molecule has 0 saturated carbocycles. The monoisotopic (exact) mass is 286 g/mol. The Morgan fingerprint density at radius 2 is 2.10 bits per heavy atom. The van der Waals surface area contributed by atoms with E-state index in [1.165, 1.54) is 62.0 Å². The second kappa shape index (κ2) is 6.83. The van der Waals surface area contributed by atoms with E-state index in [4.69, 9.17) is 0 Å². The number of likely N-dealkylation sites (tertiary alicyclic amines) is 1. The molecule has 0 spiro atoms. The van der Waals surface area contributed by atoms with Crippen molar-refractivity contribution >= 4 is 5.69 Å². The van der Waals surface area contributed by atoms with Crippen LogP contribution in [-0.4, -0.2) is 24.5 Å². The zero-order valence-electron chi connectivity index (χ0n) is 13.7. The van der Waals surface area contributed by atoms with Crippen LogP contribution in [0.4, 0.5) is 5.69 Å². The topological polar surface area (TPSA) is 15.3 Å². The molecule has 116 valence electrons. The predicted octanol–water partition coefficient (Wildman–Crippen LogP) is 4.30. The molecule has 1 aromatic rings. The predicted molar refractivity (Wildman–Crippen MR) is 90.7 cm³/mol. The molecule has 1 aromatic carbocycles. The smallest absolute Gasteiger partial charge is 0.0372 e. The third kappa shape index (κ3) is 3.79. The fraction of sp³-hybridized carbons (Fsp3) is 0.684. The molecule has 1 saturated heterocycles. The van der Waals surface area contributed by atoms with Gasteiger partial charge < -0.3 is 5.32 Å². The zero-order valence-corrected chi connectivity index (χ0v) is 13.7. The van der Waals surface area contributed by atoms with Crippen LogP contribution in [0.1, 0.15) is 50.7 Å². The molecule has 2 aliphatic rings. The summed E-state index contributed by atoms with van der Waals surface area (Å²) in [5, 5.41) is 3.51. The van der Waals surface area contributed by atoms with Crippen LogP contribution in [0.2, 0.25) is 0 Å². The van der Waals surface area contributed by atoms with Crippen molar-refractivity contribution in [3.05, 3.63) is 29.3 Å². The van der Waals surface area contributed by atoms with Gasteiger partial charge >= 0.3 is 0 Å². The lowest BCUT2D eigenvalue weighted by atomic mass is 9.89. The van der Waals surface area contributed by atoms with Gasteiger partial charge in [-0.05, 0) is 74.2 Å². The van der Waals surface area contributed by atoms with Gasteiger partial charge in [-0.15, -0.1) is 0 Å². The van der Waals surface area contributed by atoms with E-state index in [1.807, 2.05) is 0 Å². The highest BCUT2D eigenvalue weighted by Crippen LogP contribution is 2.27.